The summed E-state index contributed by atoms with van der Waals surface area (Å²) in [5, 5.41) is 12.1. The number of hydrogen-bond donors (Lipinski definition) is 1. The van der Waals surface area contributed by atoms with Crippen LogP contribution in [0.1, 0.15) is 43.1 Å². The van der Waals surface area contributed by atoms with Crippen molar-refractivity contribution in [1.82, 2.24) is 14.8 Å². The first-order valence-electron chi connectivity index (χ1n) is 10.8. The van der Waals surface area contributed by atoms with Crippen molar-refractivity contribution in [2.75, 3.05) is 18.2 Å². The number of ether oxygens (including phenoxy) is 2. The zero-order chi connectivity index (χ0) is 25.5. The number of methoxy groups -OCH3 is 1. The quantitative estimate of drug-likeness (QED) is 0.283. The highest BCUT2D eigenvalue weighted by Gasteiger charge is 2.21. The minimum Gasteiger partial charge on any atom is -0.483 e. The minimum atomic E-state index is -0.591. The molecular weight excluding hydrogens is 495 g/mol. The van der Waals surface area contributed by atoms with E-state index in [-0.39, 0.29) is 28.1 Å². The normalized spacial score (nSPS) is 11.9. The van der Waals surface area contributed by atoms with Crippen molar-refractivity contribution in [3.05, 3.63) is 64.7 Å². The van der Waals surface area contributed by atoms with Crippen molar-refractivity contribution in [2.45, 2.75) is 38.6 Å². The highest BCUT2D eigenvalue weighted by molar-refractivity contribution is 7.99. The van der Waals surface area contributed by atoms with Crippen molar-refractivity contribution in [1.29, 1.82) is 0 Å². The first kappa shape index (κ1) is 26.5. The molecule has 11 heteroatoms. The van der Waals surface area contributed by atoms with Gasteiger partial charge in [0.2, 0.25) is 5.91 Å². The van der Waals surface area contributed by atoms with Gasteiger partial charge in [-0.2, -0.15) is 0 Å². The molecule has 0 saturated heterocycles. The summed E-state index contributed by atoms with van der Waals surface area (Å²) in [6.07, 6.45) is -0.444. The summed E-state index contributed by atoms with van der Waals surface area (Å²) in [4.78, 5) is 24.4. The molecule has 35 heavy (non-hydrogen) atoms. The number of aromatic nitrogens is 3. The summed E-state index contributed by atoms with van der Waals surface area (Å²) in [6.45, 7) is 6.60. The van der Waals surface area contributed by atoms with Crippen LogP contribution in [-0.4, -0.2) is 39.5 Å². The average Bonchev–Trinajstić information content (AvgIpc) is 3.21. The Hall–Kier alpha value is -3.11. The van der Waals surface area contributed by atoms with Crippen LogP contribution in [0.15, 0.2) is 47.6 Å². The van der Waals surface area contributed by atoms with Crippen LogP contribution in [0.3, 0.4) is 0 Å². The van der Waals surface area contributed by atoms with Crippen molar-refractivity contribution >= 4 is 40.9 Å². The van der Waals surface area contributed by atoms with Gasteiger partial charge < -0.3 is 19.4 Å². The topological polar surface area (TPSA) is 95.3 Å². The largest absolute Gasteiger partial charge is 0.483 e. The molecule has 0 bridgehead atoms. The second kappa shape index (κ2) is 12.0. The third-order valence-electron chi connectivity index (χ3n) is 4.77. The predicted octanol–water partition coefficient (Wildman–Crippen LogP) is 5.38. The Kier molecular flexibility index (Phi) is 9.11. The number of carbonyl (C=O) groups is 2. The summed E-state index contributed by atoms with van der Waals surface area (Å²) < 4.78 is 25.7. The van der Waals surface area contributed by atoms with Gasteiger partial charge in [0.15, 0.2) is 17.1 Å². The van der Waals surface area contributed by atoms with Crippen LogP contribution in [0.5, 0.6) is 5.75 Å². The molecule has 0 aliphatic rings. The fourth-order valence-electron chi connectivity index (χ4n) is 3.21. The Morgan fingerprint density at radius 3 is 2.51 bits per heavy atom. The van der Waals surface area contributed by atoms with Crippen LogP contribution in [0.25, 0.3) is 0 Å². The fourth-order valence-corrected chi connectivity index (χ4v) is 4.16. The Morgan fingerprint density at radius 1 is 1.14 bits per heavy atom. The Morgan fingerprint density at radius 2 is 1.86 bits per heavy atom. The summed E-state index contributed by atoms with van der Waals surface area (Å²) >= 11 is 7.27. The van der Waals surface area contributed by atoms with Gasteiger partial charge in [0.05, 0.1) is 23.4 Å². The van der Waals surface area contributed by atoms with E-state index < -0.39 is 12.1 Å². The molecule has 0 aliphatic carbocycles. The predicted molar refractivity (Wildman–Crippen MR) is 132 cm³/mol. The number of hydrogen-bond acceptors (Lipinski definition) is 7. The third-order valence-corrected chi connectivity index (χ3v) is 6.07. The smallest absolute Gasteiger partial charge is 0.339 e. The second-order valence-corrected chi connectivity index (χ2v) is 9.43. The number of rotatable bonds is 10. The van der Waals surface area contributed by atoms with Crippen molar-refractivity contribution in [2.24, 2.45) is 5.92 Å². The number of nitrogens with zero attached hydrogens (tertiary/aromatic N) is 3. The average molecular weight is 521 g/mol. The summed E-state index contributed by atoms with van der Waals surface area (Å²) in [5.74, 6) is 0.259. The van der Waals surface area contributed by atoms with Crippen LogP contribution in [0, 0.1) is 11.7 Å². The van der Waals surface area contributed by atoms with Gasteiger partial charge in [0, 0.05) is 12.2 Å². The van der Waals surface area contributed by atoms with Gasteiger partial charge in [-0.15, -0.1) is 10.2 Å². The Balaban J connectivity index is 1.69. The van der Waals surface area contributed by atoms with Crippen molar-refractivity contribution in [3.63, 3.8) is 0 Å². The molecular formula is C24H26ClFN4O4S. The maximum absolute atomic E-state index is 13.2. The molecule has 0 radical (unpaired) electrons. The highest BCUT2D eigenvalue weighted by Crippen LogP contribution is 2.26. The maximum Gasteiger partial charge on any atom is 0.339 e. The van der Waals surface area contributed by atoms with E-state index in [1.807, 2.05) is 11.5 Å². The van der Waals surface area contributed by atoms with Crippen molar-refractivity contribution < 1.29 is 23.5 Å². The number of benzene rings is 2. The molecule has 1 atom stereocenters. The molecule has 1 heterocycles. The summed E-state index contributed by atoms with van der Waals surface area (Å²) in [7, 11) is 1.26. The van der Waals surface area contributed by atoms with Gasteiger partial charge in [-0.25, -0.2) is 9.18 Å². The van der Waals surface area contributed by atoms with E-state index in [1.165, 1.54) is 43.1 Å². The zero-order valence-electron chi connectivity index (χ0n) is 19.7. The number of nitrogens with one attached hydrogen (secondary N) is 1. The van der Waals surface area contributed by atoms with Crippen LogP contribution in [0.4, 0.5) is 10.1 Å². The first-order valence-corrected chi connectivity index (χ1v) is 12.2. The summed E-state index contributed by atoms with van der Waals surface area (Å²) in [6, 6.07) is 10.3. The van der Waals surface area contributed by atoms with Crippen LogP contribution in [0.2, 0.25) is 5.02 Å². The molecule has 0 aliphatic heterocycles. The van der Waals surface area contributed by atoms with E-state index in [9.17, 15) is 14.0 Å². The van der Waals surface area contributed by atoms with E-state index in [2.05, 4.69) is 29.4 Å². The van der Waals surface area contributed by atoms with Crippen molar-refractivity contribution in [3.8, 4) is 5.75 Å². The molecule has 1 aromatic heterocycles. The second-order valence-electron chi connectivity index (χ2n) is 8.08. The molecule has 0 fully saturated rings. The number of anilines is 1. The van der Waals surface area contributed by atoms with E-state index in [0.717, 1.165) is 0 Å². The summed E-state index contributed by atoms with van der Waals surface area (Å²) in [5.41, 5.74) is 0.585. The standard InChI is InChI=1S/C24H26ClFN4O4S/c1-14(2)12-30-22(15(3)34-18-8-5-16(26)6-9-18)28-29-24(30)35-13-21(31)27-17-7-10-20(25)19(11-17)23(32)33-4/h5-11,14-15H,12-13H2,1-4H3,(H,27,31). The van der Waals surface area contributed by atoms with Crippen LogP contribution >= 0.6 is 23.4 Å². The third kappa shape index (κ3) is 7.19. The molecule has 3 aromatic rings. The van der Waals surface area contributed by atoms with E-state index in [4.69, 9.17) is 21.1 Å². The first-order chi connectivity index (χ1) is 16.7. The van der Waals surface area contributed by atoms with E-state index in [0.29, 0.717) is 34.9 Å². The lowest BCUT2D eigenvalue weighted by atomic mass is 10.2. The Labute approximate surface area is 212 Å². The van der Waals surface area contributed by atoms with Gasteiger partial charge in [-0.3, -0.25) is 4.79 Å². The van der Waals surface area contributed by atoms with Gasteiger partial charge in [0.25, 0.3) is 0 Å². The zero-order valence-corrected chi connectivity index (χ0v) is 21.3. The van der Waals surface area contributed by atoms with E-state index >= 15 is 0 Å². The molecule has 3 rings (SSSR count). The van der Waals surface area contributed by atoms with Crippen LogP contribution < -0.4 is 10.1 Å². The van der Waals surface area contributed by atoms with Gasteiger partial charge in [0.1, 0.15) is 11.6 Å². The molecule has 8 nitrogen and oxygen atoms in total. The minimum absolute atomic E-state index is 0.0691. The van der Waals surface area contributed by atoms with Gasteiger partial charge in [-0.05, 0) is 55.3 Å². The number of carbonyl (C=O) groups excluding carboxylic acids is 2. The monoisotopic (exact) mass is 520 g/mol. The van der Waals surface area contributed by atoms with Crippen LogP contribution in [-0.2, 0) is 16.1 Å². The molecule has 1 N–H and O–H groups in total. The highest BCUT2D eigenvalue weighted by atomic mass is 35.5. The fraction of sp³-hybridized carbons (Fsp3) is 0.333. The van der Waals surface area contributed by atoms with E-state index in [1.54, 1.807) is 18.2 Å². The van der Waals surface area contributed by atoms with Gasteiger partial charge >= 0.3 is 5.97 Å². The number of esters is 1. The molecule has 2 aromatic carbocycles. The number of thioether (sulfide) groups is 1. The lowest BCUT2D eigenvalue weighted by Gasteiger charge is -2.17. The number of amides is 1. The molecule has 1 amide bonds. The molecule has 1 unspecified atom stereocenters. The maximum atomic E-state index is 13.2. The van der Waals surface area contributed by atoms with Gasteiger partial charge in [-0.1, -0.05) is 37.2 Å². The number of halogens is 2. The SMILES string of the molecule is COC(=O)c1cc(NC(=O)CSc2nnc(C(C)Oc3ccc(F)cc3)n2CC(C)C)ccc1Cl. The Bertz CT molecular complexity index is 1190. The lowest BCUT2D eigenvalue weighted by Crippen LogP contribution is -2.17. The molecule has 0 spiro atoms. The lowest BCUT2D eigenvalue weighted by molar-refractivity contribution is -0.113. The molecule has 0 saturated carbocycles. The molecule has 186 valence electrons.